The summed E-state index contributed by atoms with van der Waals surface area (Å²) in [5.41, 5.74) is 4.25. The van der Waals surface area contributed by atoms with Crippen LogP contribution in [0.3, 0.4) is 0 Å². The van der Waals surface area contributed by atoms with Crippen LogP contribution in [0.2, 0.25) is 0 Å². The molecule has 1 unspecified atom stereocenters. The maximum absolute atomic E-state index is 3.36. The van der Waals surface area contributed by atoms with E-state index in [1.807, 2.05) is 12.2 Å². The predicted molar refractivity (Wildman–Crippen MR) is 61.5 cm³/mol. The van der Waals surface area contributed by atoms with E-state index in [-0.39, 0.29) is 46.5 Å². The molecule has 0 amide bonds. The molecule has 92 valence electrons. The van der Waals surface area contributed by atoms with Crippen molar-refractivity contribution in [1.82, 2.24) is 0 Å². The molecule has 17 heavy (non-hydrogen) atoms. The molecule has 0 fully saturated rings. The van der Waals surface area contributed by atoms with Crippen LogP contribution in [-0.2, 0) is 21.7 Å². The maximum Gasteiger partial charge on any atom is 4.00 e. The second-order valence-corrected chi connectivity index (χ2v) is 3.80. The Morgan fingerprint density at radius 2 is 1.76 bits per heavy atom. The Hall–Kier alpha value is 0.254. The third-order valence-electron chi connectivity index (χ3n) is 2.82. The van der Waals surface area contributed by atoms with Gasteiger partial charge in [-0.3, -0.25) is 12.2 Å². The number of halogens is 2. The van der Waals surface area contributed by atoms with Gasteiger partial charge in [0.15, 0.2) is 0 Å². The first kappa shape index (κ1) is 22.4. The first-order chi connectivity index (χ1) is 6.63. The van der Waals surface area contributed by atoms with Gasteiger partial charge in [-0.05, 0) is 0 Å². The van der Waals surface area contributed by atoms with E-state index >= 15 is 0 Å². The Kier molecular flexibility index (Phi) is 15.0. The summed E-state index contributed by atoms with van der Waals surface area (Å²) < 4.78 is 0. The number of rotatable bonds is 0. The summed E-state index contributed by atoms with van der Waals surface area (Å²) in [5, 5.41) is 0. The van der Waals surface area contributed by atoms with Crippen molar-refractivity contribution in [2.75, 3.05) is 0 Å². The normalized spacial score (nSPS) is 19.5. The minimum absolute atomic E-state index is 0. The molecular weight excluding hydrogens is 287 g/mol. The van der Waals surface area contributed by atoms with Crippen LogP contribution in [0.5, 0.6) is 0 Å². The van der Waals surface area contributed by atoms with E-state index in [9.17, 15) is 0 Å². The molecule has 0 saturated heterocycles. The van der Waals surface area contributed by atoms with Crippen molar-refractivity contribution in [1.29, 1.82) is 0 Å². The smallest absolute Gasteiger partial charge is 1.00 e. The molecule has 0 spiro atoms. The van der Waals surface area contributed by atoms with Crippen molar-refractivity contribution in [3.8, 4) is 0 Å². The number of hydrogen-bond donors (Lipinski definition) is 0. The summed E-state index contributed by atoms with van der Waals surface area (Å²) in [6.45, 7) is 8.67. The number of hydrogen-bond acceptors (Lipinski definition) is 0. The SMILES string of the molecule is CC1=[C-]C(C)C(C)=C1C.[C-]1=CC=CC1.[Cl-].[Cl-].[Ti+4]. The Bertz CT molecular complexity index is 315. The largest absolute Gasteiger partial charge is 4.00 e. The van der Waals surface area contributed by atoms with Gasteiger partial charge in [-0.15, -0.1) is 13.3 Å². The topological polar surface area (TPSA) is 0 Å². The van der Waals surface area contributed by atoms with E-state index < -0.39 is 0 Å². The maximum atomic E-state index is 3.36. The van der Waals surface area contributed by atoms with E-state index in [2.05, 4.69) is 45.9 Å². The molecule has 0 nitrogen and oxygen atoms in total. The van der Waals surface area contributed by atoms with Crippen LogP contribution in [0.1, 0.15) is 34.1 Å². The van der Waals surface area contributed by atoms with E-state index in [0.29, 0.717) is 5.92 Å². The van der Waals surface area contributed by atoms with E-state index in [4.69, 9.17) is 0 Å². The molecule has 3 heteroatoms. The number of allylic oxidation sites excluding steroid dienone is 8. The van der Waals surface area contributed by atoms with Crippen molar-refractivity contribution in [3.05, 3.63) is 47.1 Å². The molecule has 2 aliphatic carbocycles. The minimum atomic E-state index is 0. The standard InChI is InChI=1S/C9H13.C5H5.2ClH.Ti/c1-6-5-7(2)9(4)8(6)3;1-2-4-5-3-1;;;/h6H,1-4H3;1-3H,4H2;2*1H;/q2*-1;;;+4/p-2. The monoisotopic (exact) mass is 304 g/mol. The summed E-state index contributed by atoms with van der Waals surface area (Å²) in [5.74, 6) is 0.560. The molecule has 0 N–H and O–H groups in total. The van der Waals surface area contributed by atoms with Crippen molar-refractivity contribution in [2.45, 2.75) is 34.1 Å². The summed E-state index contributed by atoms with van der Waals surface area (Å²) in [4.78, 5) is 0. The third-order valence-corrected chi connectivity index (χ3v) is 2.82. The van der Waals surface area contributed by atoms with Gasteiger partial charge in [-0.1, -0.05) is 26.7 Å². The Balaban J connectivity index is -0.000000216. The van der Waals surface area contributed by atoms with Gasteiger partial charge in [-0.25, -0.2) is 17.7 Å². The third kappa shape index (κ3) is 7.31. The van der Waals surface area contributed by atoms with Gasteiger partial charge in [0.2, 0.25) is 0 Å². The van der Waals surface area contributed by atoms with Gasteiger partial charge in [0.1, 0.15) is 0 Å². The van der Waals surface area contributed by atoms with Crippen LogP contribution in [0.4, 0.5) is 0 Å². The van der Waals surface area contributed by atoms with Crippen LogP contribution in [0, 0.1) is 18.1 Å². The quantitative estimate of drug-likeness (QED) is 0.360. The molecule has 0 aromatic heterocycles. The summed E-state index contributed by atoms with van der Waals surface area (Å²) in [7, 11) is 0. The van der Waals surface area contributed by atoms with E-state index in [1.165, 1.54) is 16.7 Å². The molecule has 0 radical (unpaired) electrons. The molecule has 0 aromatic rings. The summed E-state index contributed by atoms with van der Waals surface area (Å²) in [6.07, 6.45) is 13.4. The molecule has 2 rings (SSSR count). The fourth-order valence-electron chi connectivity index (χ4n) is 1.50. The average molecular weight is 305 g/mol. The van der Waals surface area contributed by atoms with Gasteiger partial charge in [0.25, 0.3) is 0 Å². The van der Waals surface area contributed by atoms with Gasteiger partial charge in [0.05, 0.1) is 0 Å². The summed E-state index contributed by atoms with van der Waals surface area (Å²) in [6, 6.07) is 0. The second kappa shape index (κ2) is 11.4. The van der Waals surface area contributed by atoms with E-state index in [1.54, 1.807) is 0 Å². The zero-order valence-corrected chi connectivity index (χ0v) is 13.8. The van der Waals surface area contributed by atoms with Gasteiger partial charge >= 0.3 is 21.7 Å². The second-order valence-electron chi connectivity index (χ2n) is 3.80. The average Bonchev–Trinajstić information content (AvgIpc) is 2.78. The van der Waals surface area contributed by atoms with Crippen LogP contribution in [-0.4, -0.2) is 0 Å². The van der Waals surface area contributed by atoms with Crippen molar-refractivity contribution < 1.29 is 46.5 Å². The minimum Gasteiger partial charge on any atom is -1.00 e. The molecule has 0 saturated carbocycles. The predicted octanol–water partition coefficient (Wildman–Crippen LogP) is -1.97. The molecule has 0 heterocycles. The van der Waals surface area contributed by atoms with E-state index in [0.717, 1.165) is 6.42 Å². The molecule has 2 aliphatic rings. The van der Waals surface area contributed by atoms with Gasteiger partial charge < -0.3 is 24.8 Å². The van der Waals surface area contributed by atoms with Crippen LogP contribution < -0.4 is 24.8 Å². The zero-order chi connectivity index (χ0) is 10.6. The van der Waals surface area contributed by atoms with Crippen LogP contribution >= 0.6 is 0 Å². The Morgan fingerprint density at radius 3 is 1.88 bits per heavy atom. The fraction of sp³-hybridized carbons (Fsp3) is 0.429. The first-order valence-electron chi connectivity index (χ1n) is 5.12. The van der Waals surface area contributed by atoms with Crippen molar-refractivity contribution >= 4 is 0 Å². The van der Waals surface area contributed by atoms with Crippen molar-refractivity contribution in [3.63, 3.8) is 0 Å². The van der Waals surface area contributed by atoms with Gasteiger partial charge in [0, 0.05) is 0 Å². The van der Waals surface area contributed by atoms with Crippen LogP contribution in [0.15, 0.2) is 34.9 Å². The molecule has 1 atom stereocenters. The zero-order valence-electron chi connectivity index (χ0n) is 10.8. The molecular formula is C14H18Cl2Ti. The van der Waals surface area contributed by atoms with Crippen molar-refractivity contribution in [2.24, 2.45) is 5.92 Å². The molecule has 0 aromatic carbocycles. The summed E-state index contributed by atoms with van der Waals surface area (Å²) >= 11 is 0. The first-order valence-corrected chi connectivity index (χ1v) is 5.12. The molecule has 0 aliphatic heterocycles. The fourth-order valence-corrected chi connectivity index (χ4v) is 1.50. The van der Waals surface area contributed by atoms with Gasteiger partial charge in [-0.2, -0.15) is 17.2 Å². The Labute approximate surface area is 133 Å². The van der Waals surface area contributed by atoms with Crippen LogP contribution in [0.25, 0.3) is 0 Å². The Morgan fingerprint density at radius 1 is 1.18 bits per heavy atom. The molecule has 0 bridgehead atoms.